The number of hydrogen-bond acceptors (Lipinski definition) is 6. The number of ether oxygens (including phenoxy) is 1. The Bertz CT molecular complexity index is 517. The van der Waals surface area contributed by atoms with Gasteiger partial charge in [0.2, 0.25) is 0 Å². The zero-order chi connectivity index (χ0) is 16.2. The molecule has 0 aliphatic heterocycles. The summed E-state index contributed by atoms with van der Waals surface area (Å²) in [4.78, 5) is 21.4. The highest BCUT2D eigenvalue weighted by molar-refractivity contribution is 5.73. The Hall–Kier alpha value is -2.09. The Morgan fingerprint density at radius 1 is 1.38 bits per heavy atom. The molecule has 0 radical (unpaired) electrons. The number of aliphatic carboxylic acids is 2. The molecular formula is C13H20N2O6. The van der Waals surface area contributed by atoms with Crippen LogP contribution in [0, 0.1) is 5.41 Å². The van der Waals surface area contributed by atoms with Crippen LogP contribution in [0.3, 0.4) is 0 Å². The normalized spacial score (nSPS) is 13.0. The third kappa shape index (κ3) is 5.42. The van der Waals surface area contributed by atoms with Crippen LogP contribution in [-0.2, 0) is 22.4 Å². The van der Waals surface area contributed by atoms with E-state index in [0.717, 1.165) is 0 Å². The van der Waals surface area contributed by atoms with Crippen LogP contribution in [0.15, 0.2) is 4.52 Å². The van der Waals surface area contributed by atoms with Gasteiger partial charge in [-0.3, -0.25) is 4.79 Å². The molecule has 0 fully saturated rings. The van der Waals surface area contributed by atoms with Crippen LogP contribution in [0.1, 0.15) is 32.1 Å². The molecule has 0 bridgehead atoms. The molecule has 0 saturated carbocycles. The van der Waals surface area contributed by atoms with Crippen molar-refractivity contribution in [2.45, 2.75) is 39.7 Å². The van der Waals surface area contributed by atoms with Gasteiger partial charge in [0.25, 0.3) is 5.88 Å². The van der Waals surface area contributed by atoms with Crippen LogP contribution in [0.25, 0.3) is 0 Å². The fourth-order valence-corrected chi connectivity index (χ4v) is 1.70. The number of carbonyl (C=O) groups is 2. The summed E-state index contributed by atoms with van der Waals surface area (Å²) in [5.41, 5.74) is 5.81. The molecule has 0 unspecified atom stereocenters. The molecule has 0 amide bonds. The number of rotatable bonds is 7. The highest BCUT2D eigenvalue weighted by Crippen LogP contribution is 2.29. The minimum atomic E-state index is -1.16. The van der Waals surface area contributed by atoms with Gasteiger partial charge in [-0.15, -0.1) is 0 Å². The molecule has 0 aliphatic carbocycles. The number of aromatic nitrogens is 1. The van der Waals surface area contributed by atoms with Gasteiger partial charge in [0, 0.05) is 12.8 Å². The van der Waals surface area contributed by atoms with E-state index in [2.05, 4.69) is 5.16 Å². The summed E-state index contributed by atoms with van der Waals surface area (Å²) in [5, 5.41) is 21.2. The number of nitrogens with two attached hydrogens (primary N) is 1. The highest BCUT2D eigenvalue weighted by atomic mass is 16.5. The van der Waals surface area contributed by atoms with Crippen molar-refractivity contribution >= 4 is 11.9 Å². The SMILES string of the molecule is CC(C)(C)Cc1onc(OCC(=O)O)c1C[C@H](N)C(=O)O. The Kier molecular flexibility index (Phi) is 5.31. The molecule has 118 valence electrons. The second-order valence-electron chi connectivity index (χ2n) is 5.96. The van der Waals surface area contributed by atoms with E-state index < -0.39 is 24.6 Å². The molecule has 1 aromatic heterocycles. The third-order valence-electron chi connectivity index (χ3n) is 2.60. The van der Waals surface area contributed by atoms with E-state index in [1.54, 1.807) is 0 Å². The van der Waals surface area contributed by atoms with Crippen molar-refractivity contribution in [2.75, 3.05) is 6.61 Å². The van der Waals surface area contributed by atoms with Gasteiger partial charge in [-0.05, 0) is 10.6 Å². The minimum absolute atomic E-state index is 0.0200. The molecule has 1 atom stereocenters. The van der Waals surface area contributed by atoms with E-state index in [1.807, 2.05) is 20.8 Å². The van der Waals surface area contributed by atoms with E-state index in [9.17, 15) is 9.59 Å². The predicted molar refractivity (Wildman–Crippen MR) is 72.1 cm³/mol. The lowest BCUT2D eigenvalue weighted by molar-refractivity contribution is -0.140. The van der Waals surface area contributed by atoms with Crippen LogP contribution < -0.4 is 10.5 Å². The van der Waals surface area contributed by atoms with Gasteiger partial charge in [-0.2, -0.15) is 0 Å². The second kappa shape index (κ2) is 6.57. The van der Waals surface area contributed by atoms with Crippen LogP contribution in [-0.4, -0.2) is 40.0 Å². The van der Waals surface area contributed by atoms with Crippen LogP contribution in [0.4, 0.5) is 0 Å². The first-order valence-corrected chi connectivity index (χ1v) is 6.40. The number of carboxylic acids is 2. The lowest BCUT2D eigenvalue weighted by Crippen LogP contribution is -2.32. The first-order valence-electron chi connectivity index (χ1n) is 6.40. The average molecular weight is 300 g/mol. The van der Waals surface area contributed by atoms with E-state index in [0.29, 0.717) is 17.7 Å². The fraction of sp³-hybridized carbons (Fsp3) is 0.615. The van der Waals surface area contributed by atoms with Crippen molar-refractivity contribution in [3.05, 3.63) is 11.3 Å². The highest BCUT2D eigenvalue weighted by Gasteiger charge is 2.26. The summed E-state index contributed by atoms with van der Waals surface area (Å²) >= 11 is 0. The Morgan fingerprint density at radius 2 is 2.00 bits per heavy atom. The monoisotopic (exact) mass is 300 g/mol. The summed E-state index contributed by atoms with van der Waals surface area (Å²) < 4.78 is 10.2. The minimum Gasteiger partial charge on any atom is -0.480 e. The summed E-state index contributed by atoms with van der Waals surface area (Å²) in [6.07, 6.45) is 0.456. The molecule has 0 spiro atoms. The Labute approximate surface area is 121 Å². The Balaban J connectivity index is 3.02. The maximum atomic E-state index is 10.9. The van der Waals surface area contributed by atoms with Crippen molar-refractivity contribution in [3.63, 3.8) is 0 Å². The van der Waals surface area contributed by atoms with Crippen molar-refractivity contribution < 1.29 is 29.1 Å². The van der Waals surface area contributed by atoms with Gasteiger partial charge >= 0.3 is 11.9 Å². The molecule has 8 nitrogen and oxygen atoms in total. The maximum Gasteiger partial charge on any atom is 0.341 e. The Morgan fingerprint density at radius 3 is 2.48 bits per heavy atom. The van der Waals surface area contributed by atoms with Crippen LogP contribution in [0.5, 0.6) is 5.88 Å². The summed E-state index contributed by atoms with van der Waals surface area (Å²) in [5.74, 6) is -1.89. The maximum absolute atomic E-state index is 10.9. The van der Waals surface area contributed by atoms with E-state index in [-0.39, 0.29) is 17.7 Å². The standard InChI is InChI=1S/C13H20N2O6/c1-13(2,3)5-9-7(4-8(14)12(18)19)11(15-21-9)20-6-10(16)17/h8H,4-6,14H2,1-3H3,(H,16,17)(H,18,19)/t8-/m0/s1. The van der Waals surface area contributed by atoms with E-state index >= 15 is 0 Å². The summed E-state index contributed by atoms with van der Waals surface area (Å²) in [6.45, 7) is 5.35. The smallest absolute Gasteiger partial charge is 0.341 e. The van der Waals surface area contributed by atoms with Gasteiger partial charge in [-0.1, -0.05) is 20.8 Å². The molecule has 0 aliphatic rings. The lowest BCUT2D eigenvalue weighted by Gasteiger charge is -2.17. The first-order chi connectivity index (χ1) is 9.60. The molecule has 0 aromatic carbocycles. The number of carboxylic acid groups (broad SMARTS) is 2. The molecule has 1 rings (SSSR count). The molecule has 4 N–H and O–H groups in total. The number of hydrogen-bond donors (Lipinski definition) is 3. The van der Waals surface area contributed by atoms with Crippen LogP contribution in [0.2, 0.25) is 0 Å². The van der Waals surface area contributed by atoms with Crippen molar-refractivity contribution in [2.24, 2.45) is 11.1 Å². The second-order valence-corrected chi connectivity index (χ2v) is 5.96. The van der Waals surface area contributed by atoms with Gasteiger partial charge in [0.1, 0.15) is 11.8 Å². The van der Waals surface area contributed by atoms with E-state index in [1.165, 1.54) is 0 Å². The molecule has 1 heterocycles. The quantitative estimate of drug-likeness (QED) is 0.668. The van der Waals surface area contributed by atoms with Gasteiger partial charge in [-0.25, -0.2) is 4.79 Å². The van der Waals surface area contributed by atoms with Crippen molar-refractivity contribution in [1.29, 1.82) is 0 Å². The summed E-state index contributed by atoms with van der Waals surface area (Å²) in [7, 11) is 0. The fourth-order valence-electron chi connectivity index (χ4n) is 1.70. The zero-order valence-electron chi connectivity index (χ0n) is 12.3. The molecular weight excluding hydrogens is 280 g/mol. The summed E-state index contributed by atoms with van der Waals surface area (Å²) in [6, 6.07) is -1.14. The lowest BCUT2D eigenvalue weighted by atomic mass is 9.89. The molecule has 8 heteroatoms. The molecule has 1 aromatic rings. The molecule has 21 heavy (non-hydrogen) atoms. The van der Waals surface area contributed by atoms with Crippen molar-refractivity contribution in [3.8, 4) is 5.88 Å². The third-order valence-corrected chi connectivity index (χ3v) is 2.60. The van der Waals surface area contributed by atoms with Crippen LogP contribution >= 0.6 is 0 Å². The average Bonchev–Trinajstić information content (AvgIpc) is 2.67. The van der Waals surface area contributed by atoms with Crippen molar-refractivity contribution in [1.82, 2.24) is 5.16 Å². The predicted octanol–water partition coefficient (Wildman–Crippen LogP) is 0.681. The largest absolute Gasteiger partial charge is 0.480 e. The van der Waals surface area contributed by atoms with Gasteiger partial charge in [0.05, 0.1) is 5.56 Å². The zero-order valence-corrected chi connectivity index (χ0v) is 12.3. The van der Waals surface area contributed by atoms with Gasteiger partial charge in [0.15, 0.2) is 6.61 Å². The first kappa shape index (κ1) is 17.0. The number of nitrogens with zero attached hydrogens (tertiary/aromatic N) is 1. The van der Waals surface area contributed by atoms with Gasteiger partial charge < -0.3 is 25.2 Å². The molecule has 0 saturated heterocycles. The topological polar surface area (TPSA) is 136 Å². The van der Waals surface area contributed by atoms with E-state index in [4.69, 9.17) is 25.2 Å².